The number of nitrogens with zero attached hydrogens (tertiary/aromatic N) is 1. The lowest BCUT2D eigenvalue weighted by Crippen LogP contribution is -2.20. The molecule has 38 heavy (non-hydrogen) atoms. The number of fused-ring (bicyclic) bond motifs is 1. The Morgan fingerprint density at radius 3 is 2.66 bits per heavy atom. The summed E-state index contributed by atoms with van der Waals surface area (Å²) in [4.78, 5) is 14.5. The smallest absolute Gasteiger partial charge is 0.310 e. The topological polar surface area (TPSA) is 77.9 Å². The molecule has 1 aliphatic rings. The molecule has 3 aromatic carbocycles. The molecule has 6 nitrogen and oxygen atoms in total. The lowest BCUT2D eigenvalue weighted by Gasteiger charge is -2.17. The van der Waals surface area contributed by atoms with Crippen molar-refractivity contribution in [1.82, 2.24) is 4.90 Å². The number of carbonyl (C=O) groups excluding carboxylic acids is 1. The SMILES string of the molecule is CCOC(=O)Cc1ccccc1OCc1coc2c(CN(C)CC3CC3)cc(-c3cccc(CN)c3)cc12. The third-order valence-corrected chi connectivity index (χ3v) is 7.03. The van der Waals surface area contributed by atoms with Crippen LogP contribution < -0.4 is 10.5 Å². The van der Waals surface area contributed by atoms with Gasteiger partial charge in [-0.1, -0.05) is 36.4 Å². The second-order valence-corrected chi connectivity index (χ2v) is 10.2. The Bertz CT molecular complexity index is 1410. The van der Waals surface area contributed by atoms with Crippen LogP contribution in [0.1, 0.15) is 42.0 Å². The van der Waals surface area contributed by atoms with E-state index in [2.05, 4.69) is 48.3 Å². The molecule has 1 saturated carbocycles. The lowest BCUT2D eigenvalue weighted by atomic mass is 9.97. The standard InChI is InChI=1S/C32H36N2O4/c1-3-36-31(35)16-25-8-4-5-10-30(25)37-20-28-21-38-32-27(19-34(2)18-22-11-12-22)14-26(15-29(28)32)24-9-6-7-23(13-24)17-33/h4-10,13-15,21-22H,3,11-12,16-20,33H2,1-2H3. The quantitative estimate of drug-likeness (QED) is 0.232. The maximum Gasteiger partial charge on any atom is 0.310 e. The summed E-state index contributed by atoms with van der Waals surface area (Å²) in [5, 5.41) is 1.04. The van der Waals surface area contributed by atoms with Crippen LogP contribution in [0.3, 0.4) is 0 Å². The van der Waals surface area contributed by atoms with E-state index < -0.39 is 0 Å². The van der Waals surface area contributed by atoms with Crippen LogP contribution in [-0.2, 0) is 35.6 Å². The number of para-hydroxylation sites is 1. The van der Waals surface area contributed by atoms with Crippen LogP contribution in [0.15, 0.2) is 71.3 Å². The van der Waals surface area contributed by atoms with E-state index in [-0.39, 0.29) is 12.4 Å². The van der Waals surface area contributed by atoms with Gasteiger partial charge in [-0.05, 0) is 73.7 Å². The number of carbonyl (C=O) groups is 1. The zero-order valence-corrected chi connectivity index (χ0v) is 22.2. The highest BCUT2D eigenvalue weighted by Crippen LogP contribution is 2.34. The first-order valence-corrected chi connectivity index (χ1v) is 13.4. The summed E-state index contributed by atoms with van der Waals surface area (Å²) in [6.07, 6.45) is 4.62. The fourth-order valence-electron chi connectivity index (χ4n) is 4.94. The van der Waals surface area contributed by atoms with E-state index in [0.717, 1.165) is 63.4 Å². The third-order valence-electron chi connectivity index (χ3n) is 7.03. The number of rotatable bonds is 12. The maximum absolute atomic E-state index is 12.1. The van der Waals surface area contributed by atoms with E-state index in [4.69, 9.17) is 19.6 Å². The van der Waals surface area contributed by atoms with Crippen molar-refractivity contribution in [3.05, 3.63) is 89.2 Å². The molecule has 4 aromatic rings. The van der Waals surface area contributed by atoms with Gasteiger partial charge in [0.05, 0.1) is 19.3 Å². The molecule has 198 valence electrons. The number of ether oxygens (including phenoxy) is 2. The average molecular weight is 513 g/mol. The summed E-state index contributed by atoms with van der Waals surface area (Å²) in [5.41, 5.74) is 13.1. The Kier molecular flexibility index (Phi) is 8.11. The van der Waals surface area contributed by atoms with Crippen molar-refractivity contribution >= 4 is 16.9 Å². The molecule has 0 saturated heterocycles. The Hall–Kier alpha value is -3.61. The second kappa shape index (κ2) is 11.8. The summed E-state index contributed by atoms with van der Waals surface area (Å²) in [6, 6.07) is 20.4. The van der Waals surface area contributed by atoms with Crippen LogP contribution in [0.5, 0.6) is 5.75 Å². The van der Waals surface area contributed by atoms with Gasteiger partial charge < -0.3 is 24.5 Å². The molecule has 0 atom stereocenters. The predicted molar refractivity (Wildman–Crippen MR) is 150 cm³/mol. The van der Waals surface area contributed by atoms with Gasteiger partial charge in [0.25, 0.3) is 0 Å². The summed E-state index contributed by atoms with van der Waals surface area (Å²) >= 11 is 0. The Labute approximate surface area is 224 Å². The highest BCUT2D eigenvalue weighted by atomic mass is 16.5. The molecule has 0 spiro atoms. The molecule has 1 fully saturated rings. The van der Waals surface area contributed by atoms with Crippen molar-refractivity contribution in [2.24, 2.45) is 11.7 Å². The fraction of sp³-hybridized carbons (Fsp3) is 0.344. The number of esters is 1. The molecule has 0 unspecified atom stereocenters. The number of nitrogens with two attached hydrogens (primary N) is 1. The molecule has 0 radical (unpaired) electrons. The second-order valence-electron chi connectivity index (χ2n) is 10.2. The van der Waals surface area contributed by atoms with E-state index in [9.17, 15) is 4.79 Å². The molecule has 2 N–H and O–H groups in total. The van der Waals surface area contributed by atoms with Crippen LogP contribution in [0.25, 0.3) is 22.1 Å². The molecule has 1 aromatic heterocycles. The highest BCUT2D eigenvalue weighted by Gasteiger charge is 2.24. The molecular weight excluding hydrogens is 476 g/mol. The molecular formula is C32H36N2O4. The van der Waals surface area contributed by atoms with E-state index in [1.165, 1.54) is 12.8 Å². The zero-order valence-electron chi connectivity index (χ0n) is 22.2. The third kappa shape index (κ3) is 6.26. The molecule has 6 heteroatoms. The molecule has 0 bridgehead atoms. The minimum absolute atomic E-state index is 0.176. The summed E-state index contributed by atoms with van der Waals surface area (Å²) in [7, 11) is 2.18. The van der Waals surface area contributed by atoms with Crippen molar-refractivity contribution in [2.75, 3.05) is 20.2 Å². The Morgan fingerprint density at radius 1 is 1.03 bits per heavy atom. The van der Waals surface area contributed by atoms with Crippen molar-refractivity contribution in [2.45, 2.75) is 45.9 Å². The van der Waals surface area contributed by atoms with E-state index >= 15 is 0 Å². The van der Waals surface area contributed by atoms with Crippen molar-refractivity contribution in [3.8, 4) is 16.9 Å². The predicted octanol–water partition coefficient (Wildman–Crippen LogP) is 6.08. The summed E-state index contributed by atoms with van der Waals surface area (Å²) < 4.78 is 17.5. The largest absolute Gasteiger partial charge is 0.488 e. The molecule has 0 aliphatic heterocycles. The van der Waals surface area contributed by atoms with Gasteiger partial charge in [-0.3, -0.25) is 4.79 Å². The van der Waals surface area contributed by atoms with Gasteiger partial charge in [0.2, 0.25) is 0 Å². The molecule has 0 amide bonds. The summed E-state index contributed by atoms with van der Waals surface area (Å²) in [6.45, 7) is 4.91. The molecule has 1 heterocycles. The van der Waals surface area contributed by atoms with E-state index in [1.807, 2.05) is 31.2 Å². The first-order valence-electron chi connectivity index (χ1n) is 13.4. The van der Waals surface area contributed by atoms with E-state index in [0.29, 0.717) is 25.5 Å². The van der Waals surface area contributed by atoms with Crippen LogP contribution in [0.4, 0.5) is 0 Å². The number of furan rings is 1. The van der Waals surface area contributed by atoms with Crippen molar-refractivity contribution in [1.29, 1.82) is 0 Å². The van der Waals surface area contributed by atoms with Gasteiger partial charge in [-0.2, -0.15) is 0 Å². The molecule has 5 rings (SSSR count). The number of hydrogen-bond acceptors (Lipinski definition) is 6. The Balaban J connectivity index is 1.45. The van der Waals surface area contributed by atoms with Gasteiger partial charge in [-0.15, -0.1) is 0 Å². The summed E-state index contributed by atoms with van der Waals surface area (Å²) in [5.74, 6) is 1.22. The van der Waals surface area contributed by atoms with E-state index in [1.54, 1.807) is 6.26 Å². The highest BCUT2D eigenvalue weighted by molar-refractivity contribution is 5.89. The monoisotopic (exact) mass is 512 g/mol. The van der Waals surface area contributed by atoms with Crippen LogP contribution in [-0.4, -0.2) is 31.1 Å². The fourth-order valence-corrected chi connectivity index (χ4v) is 4.94. The number of hydrogen-bond donors (Lipinski definition) is 1. The first-order chi connectivity index (χ1) is 18.5. The minimum Gasteiger partial charge on any atom is -0.488 e. The lowest BCUT2D eigenvalue weighted by molar-refractivity contribution is -0.142. The van der Waals surface area contributed by atoms with Gasteiger partial charge in [-0.25, -0.2) is 0 Å². The zero-order chi connectivity index (χ0) is 26.5. The van der Waals surface area contributed by atoms with Gasteiger partial charge >= 0.3 is 5.97 Å². The molecule has 1 aliphatic carbocycles. The van der Waals surface area contributed by atoms with Crippen LogP contribution >= 0.6 is 0 Å². The normalized spacial score (nSPS) is 13.3. The van der Waals surface area contributed by atoms with Crippen LogP contribution in [0.2, 0.25) is 0 Å². The Morgan fingerprint density at radius 2 is 1.87 bits per heavy atom. The van der Waals surface area contributed by atoms with Gasteiger partial charge in [0.15, 0.2) is 0 Å². The van der Waals surface area contributed by atoms with Gasteiger partial charge in [0, 0.05) is 41.7 Å². The maximum atomic E-state index is 12.1. The first kappa shape index (κ1) is 26.0. The van der Waals surface area contributed by atoms with Crippen LogP contribution in [0, 0.1) is 5.92 Å². The number of benzene rings is 3. The van der Waals surface area contributed by atoms with Gasteiger partial charge in [0.1, 0.15) is 17.9 Å². The average Bonchev–Trinajstić information content (AvgIpc) is 3.64. The van der Waals surface area contributed by atoms with Crippen molar-refractivity contribution < 1.29 is 18.7 Å². The van der Waals surface area contributed by atoms with Crippen molar-refractivity contribution in [3.63, 3.8) is 0 Å². The minimum atomic E-state index is -0.262.